The molecule has 0 radical (unpaired) electrons. The molecule has 0 saturated carbocycles. The highest BCUT2D eigenvalue weighted by molar-refractivity contribution is 5.89. The summed E-state index contributed by atoms with van der Waals surface area (Å²) in [6.45, 7) is 0. The van der Waals surface area contributed by atoms with Crippen molar-refractivity contribution < 1.29 is 0 Å². The quantitative estimate of drug-likeness (QED) is 0.724. The van der Waals surface area contributed by atoms with Gasteiger partial charge in [-0.1, -0.05) is 30.3 Å². The van der Waals surface area contributed by atoms with Crippen LogP contribution in [0.2, 0.25) is 0 Å². The molecule has 0 amide bonds. The number of nitrogens with one attached hydrogen (secondary N) is 2. The van der Waals surface area contributed by atoms with Crippen LogP contribution in [0.15, 0.2) is 42.7 Å². The fraction of sp³-hybridized carbons (Fsp3) is 0. The molecule has 0 unspecified atom stereocenters. The van der Waals surface area contributed by atoms with Crippen molar-refractivity contribution in [1.82, 2.24) is 30.8 Å². The van der Waals surface area contributed by atoms with Gasteiger partial charge in [0, 0.05) is 5.57 Å². The highest BCUT2D eigenvalue weighted by Crippen LogP contribution is 2.22. The molecule has 6 heteroatoms. The van der Waals surface area contributed by atoms with E-state index < -0.39 is 0 Å². The van der Waals surface area contributed by atoms with Gasteiger partial charge in [-0.3, -0.25) is 0 Å². The van der Waals surface area contributed by atoms with Gasteiger partial charge in [0.25, 0.3) is 0 Å². The molecule has 6 nitrogen and oxygen atoms in total. The minimum Gasteiger partial charge on any atom is -0.197 e. The average Bonchev–Trinajstić information content (AvgIpc) is 3.10. The third-order valence-electron chi connectivity index (χ3n) is 2.50. The third-order valence-corrected chi connectivity index (χ3v) is 2.50. The molecule has 0 aliphatic heterocycles. The molecule has 0 spiro atoms. The van der Waals surface area contributed by atoms with Crippen molar-refractivity contribution in [3.63, 3.8) is 0 Å². The predicted octanol–water partition coefficient (Wildman–Crippen LogP) is 1.51. The lowest BCUT2D eigenvalue weighted by Gasteiger charge is -2.03. The topological polar surface area (TPSA) is 83.1 Å². The van der Waals surface area contributed by atoms with Crippen LogP contribution in [0.1, 0.15) is 17.0 Å². The molecule has 2 aromatic heterocycles. The van der Waals surface area contributed by atoms with E-state index in [1.165, 1.54) is 0 Å². The predicted molar refractivity (Wildman–Crippen MR) is 66.2 cm³/mol. The van der Waals surface area contributed by atoms with Crippen LogP contribution in [0.4, 0.5) is 0 Å². The number of hydrogen-bond acceptors (Lipinski definition) is 4. The first-order chi connectivity index (χ1) is 8.93. The third kappa shape index (κ3) is 2.03. The van der Waals surface area contributed by atoms with Gasteiger partial charge in [-0.25, -0.2) is 0 Å². The average molecular weight is 238 g/mol. The van der Waals surface area contributed by atoms with Crippen LogP contribution >= 0.6 is 0 Å². The Bertz CT molecular complexity index is 625. The Balaban J connectivity index is 2.10. The van der Waals surface area contributed by atoms with Crippen LogP contribution in [0, 0.1) is 0 Å². The molecular formula is C12H10N6. The highest BCUT2D eigenvalue weighted by Gasteiger charge is 2.08. The first kappa shape index (κ1) is 10.4. The number of H-pyrrole nitrogens is 2. The van der Waals surface area contributed by atoms with Crippen molar-refractivity contribution in [3.05, 3.63) is 59.7 Å². The van der Waals surface area contributed by atoms with Crippen molar-refractivity contribution in [2.45, 2.75) is 0 Å². The van der Waals surface area contributed by atoms with Crippen molar-refractivity contribution in [2.75, 3.05) is 0 Å². The summed E-state index contributed by atoms with van der Waals surface area (Å²) in [6, 6.07) is 9.96. The normalized spacial score (nSPS) is 11.7. The maximum absolute atomic E-state index is 4.11. The number of rotatable bonds is 3. The van der Waals surface area contributed by atoms with Gasteiger partial charge < -0.3 is 0 Å². The van der Waals surface area contributed by atoms with E-state index in [1.807, 2.05) is 36.4 Å². The van der Waals surface area contributed by atoms with Crippen LogP contribution in [0.3, 0.4) is 0 Å². The highest BCUT2D eigenvalue weighted by atomic mass is 15.3. The van der Waals surface area contributed by atoms with Crippen molar-refractivity contribution in [1.29, 1.82) is 0 Å². The first-order valence-electron chi connectivity index (χ1n) is 5.42. The molecule has 2 N–H and O–H groups in total. The molecule has 1 aromatic carbocycles. The Labute approximate surface area is 103 Å². The number of hydrogen-bond donors (Lipinski definition) is 2. The fourth-order valence-electron chi connectivity index (χ4n) is 1.68. The summed E-state index contributed by atoms with van der Waals surface area (Å²) in [4.78, 5) is 0. The summed E-state index contributed by atoms with van der Waals surface area (Å²) >= 11 is 0. The Morgan fingerprint density at radius 1 is 0.944 bits per heavy atom. The van der Waals surface area contributed by atoms with Crippen LogP contribution in [0.25, 0.3) is 11.6 Å². The number of benzene rings is 1. The molecule has 88 valence electrons. The van der Waals surface area contributed by atoms with Gasteiger partial charge >= 0.3 is 0 Å². The number of aromatic amines is 2. The lowest BCUT2D eigenvalue weighted by Crippen LogP contribution is -1.89. The van der Waals surface area contributed by atoms with E-state index in [-0.39, 0.29) is 0 Å². The van der Waals surface area contributed by atoms with Gasteiger partial charge in [0.1, 0.15) is 11.4 Å². The summed E-state index contributed by atoms with van der Waals surface area (Å²) in [5, 5.41) is 21.0. The number of aromatic nitrogens is 6. The largest absolute Gasteiger partial charge is 0.197 e. The van der Waals surface area contributed by atoms with Gasteiger partial charge in [0.15, 0.2) is 0 Å². The fourth-order valence-corrected chi connectivity index (χ4v) is 1.68. The Morgan fingerprint density at radius 3 is 2.39 bits per heavy atom. The SMILES string of the molecule is C(=C(\c1ccccc1)c1cn[nH]n1)/c1cn[nH]n1. The zero-order chi connectivity index (χ0) is 12.2. The van der Waals surface area contributed by atoms with Crippen molar-refractivity contribution in [2.24, 2.45) is 0 Å². The summed E-state index contributed by atoms with van der Waals surface area (Å²) in [5.41, 5.74) is 3.51. The second-order valence-electron chi connectivity index (χ2n) is 3.67. The molecule has 0 fully saturated rings. The standard InChI is InChI=1S/C12H10N6/c1-2-4-9(5-3-1)11(12-8-14-18-16-12)6-10-7-13-17-15-10/h1-8H,(H,13,15,17)(H,14,16,18)/b11-6-. The van der Waals surface area contributed by atoms with Crippen LogP contribution in [0.5, 0.6) is 0 Å². The lowest BCUT2D eigenvalue weighted by molar-refractivity contribution is 0.935. The molecule has 0 bridgehead atoms. The smallest absolute Gasteiger partial charge is 0.113 e. The van der Waals surface area contributed by atoms with Gasteiger partial charge in [0.2, 0.25) is 0 Å². The maximum atomic E-state index is 4.11. The number of nitrogens with zero attached hydrogens (tertiary/aromatic N) is 4. The van der Waals surface area contributed by atoms with Gasteiger partial charge in [-0.15, -0.1) is 0 Å². The zero-order valence-electron chi connectivity index (χ0n) is 9.41. The molecule has 0 aliphatic rings. The van der Waals surface area contributed by atoms with Crippen molar-refractivity contribution >= 4 is 11.6 Å². The van der Waals surface area contributed by atoms with E-state index in [0.29, 0.717) is 0 Å². The van der Waals surface area contributed by atoms with Gasteiger partial charge in [-0.05, 0) is 11.6 Å². The Kier molecular flexibility index (Phi) is 2.67. The second-order valence-corrected chi connectivity index (χ2v) is 3.67. The summed E-state index contributed by atoms with van der Waals surface area (Å²) < 4.78 is 0. The minimum atomic E-state index is 0.747. The summed E-state index contributed by atoms with van der Waals surface area (Å²) in [5.74, 6) is 0. The first-order valence-corrected chi connectivity index (χ1v) is 5.42. The van der Waals surface area contributed by atoms with Gasteiger partial charge in [-0.2, -0.15) is 30.8 Å². The van der Waals surface area contributed by atoms with Crippen LogP contribution in [-0.2, 0) is 0 Å². The summed E-state index contributed by atoms with van der Waals surface area (Å²) in [6.07, 6.45) is 5.25. The molecule has 3 rings (SSSR count). The molecule has 0 atom stereocenters. The van der Waals surface area contributed by atoms with Crippen LogP contribution in [-0.4, -0.2) is 30.8 Å². The second kappa shape index (κ2) is 4.62. The van der Waals surface area contributed by atoms with E-state index in [4.69, 9.17) is 0 Å². The summed E-state index contributed by atoms with van der Waals surface area (Å²) in [7, 11) is 0. The van der Waals surface area contributed by atoms with E-state index in [0.717, 1.165) is 22.5 Å². The van der Waals surface area contributed by atoms with E-state index >= 15 is 0 Å². The molecule has 0 aliphatic carbocycles. The van der Waals surface area contributed by atoms with E-state index in [1.54, 1.807) is 12.4 Å². The van der Waals surface area contributed by atoms with E-state index in [9.17, 15) is 0 Å². The molecule has 3 aromatic rings. The molecule has 0 saturated heterocycles. The zero-order valence-corrected chi connectivity index (χ0v) is 9.41. The van der Waals surface area contributed by atoms with Gasteiger partial charge in [0.05, 0.1) is 12.4 Å². The lowest BCUT2D eigenvalue weighted by atomic mass is 10.0. The molecule has 18 heavy (non-hydrogen) atoms. The van der Waals surface area contributed by atoms with E-state index in [2.05, 4.69) is 30.8 Å². The minimum absolute atomic E-state index is 0.747. The molecule has 2 heterocycles. The Hall–Kier alpha value is -2.76. The monoisotopic (exact) mass is 238 g/mol. The molecular weight excluding hydrogens is 228 g/mol. The van der Waals surface area contributed by atoms with Crippen molar-refractivity contribution in [3.8, 4) is 0 Å². The van der Waals surface area contributed by atoms with Crippen LogP contribution < -0.4 is 0 Å². The Morgan fingerprint density at radius 2 is 1.72 bits per heavy atom. The maximum Gasteiger partial charge on any atom is 0.113 e.